The number of phosphoric ester groups is 1. The summed E-state index contributed by atoms with van der Waals surface area (Å²) in [6.45, 7) is -0.341. The number of halogens is 4. The Kier molecular flexibility index (Phi) is 5.18. The molecular weight excluding hydrogens is 397 g/mol. The Morgan fingerprint density at radius 3 is 2.26 bits per heavy atom. The number of nitro groups is 1. The molecule has 2 aromatic carbocycles. The molecule has 3 rings (SSSR count). The normalized spacial score (nSPS) is 22.4. The monoisotopic (exact) mass is 407 g/mol. The Balaban J connectivity index is 1.85. The summed E-state index contributed by atoms with van der Waals surface area (Å²) in [6, 6.07) is 4.38. The van der Waals surface area contributed by atoms with Crippen LogP contribution in [-0.4, -0.2) is 11.5 Å². The van der Waals surface area contributed by atoms with Gasteiger partial charge in [-0.1, -0.05) is 0 Å². The van der Waals surface area contributed by atoms with E-state index in [0.29, 0.717) is 0 Å². The van der Waals surface area contributed by atoms with Crippen LogP contribution in [0.2, 0.25) is 0 Å². The third kappa shape index (κ3) is 3.95. The van der Waals surface area contributed by atoms with Gasteiger partial charge in [-0.25, -0.2) is 22.1 Å². The fourth-order valence-electron chi connectivity index (χ4n) is 2.39. The van der Waals surface area contributed by atoms with Gasteiger partial charge in [0.05, 0.1) is 17.1 Å². The van der Waals surface area contributed by atoms with Crippen LogP contribution < -0.4 is 4.52 Å². The molecule has 2 aromatic rings. The second-order valence-electron chi connectivity index (χ2n) is 5.39. The number of benzene rings is 2. The number of hydrogen-bond acceptors (Lipinski definition) is 6. The Bertz CT molecular complexity index is 913. The minimum Gasteiger partial charge on any atom is -0.404 e. The average Bonchev–Trinajstić information content (AvgIpc) is 2.60. The van der Waals surface area contributed by atoms with Crippen molar-refractivity contribution in [3.05, 3.63) is 69.3 Å². The van der Waals surface area contributed by atoms with Gasteiger partial charge in [0.2, 0.25) is 0 Å². The first kappa shape index (κ1) is 19.3. The van der Waals surface area contributed by atoms with Crippen molar-refractivity contribution >= 4 is 13.5 Å². The van der Waals surface area contributed by atoms with E-state index in [2.05, 4.69) is 0 Å². The van der Waals surface area contributed by atoms with Crippen LogP contribution in [0.1, 0.15) is 18.1 Å². The van der Waals surface area contributed by atoms with Gasteiger partial charge in [-0.15, -0.1) is 0 Å². The highest BCUT2D eigenvalue weighted by atomic mass is 31.2. The predicted octanol–water partition coefficient (Wildman–Crippen LogP) is 4.82. The van der Waals surface area contributed by atoms with Crippen molar-refractivity contribution in [2.45, 2.75) is 12.5 Å². The zero-order chi connectivity index (χ0) is 19.8. The van der Waals surface area contributed by atoms with Gasteiger partial charge in [0.25, 0.3) is 5.69 Å². The minimum absolute atomic E-state index is 0.0421. The molecule has 0 N–H and O–H groups in total. The number of nitro benzene ring substituents is 1. The molecule has 0 aromatic heterocycles. The summed E-state index contributed by atoms with van der Waals surface area (Å²) in [5.41, 5.74) is -1.33. The smallest absolute Gasteiger partial charge is 0.404 e. The Morgan fingerprint density at radius 2 is 1.70 bits per heavy atom. The van der Waals surface area contributed by atoms with E-state index in [0.717, 1.165) is 24.3 Å². The van der Waals surface area contributed by atoms with Crippen LogP contribution in [0.3, 0.4) is 0 Å². The Hall–Kier alpha value is -2.49. The largest absolute Gasteiger partial charge is 0.530 e. The van der Waals surface area contributed by atoms with E-state index in [1.165, 1.54) is 0 Å². The average molecular weight is 407 g/mol. The van der Waals surface area contributed by atoms with Crippen LogP contribution in [0, 0.1) is 33.4 Å². The van der Waals surface area contributed by atoms with E-state index < -0.39 is 47.7 Å². The molecule has 1 aliphatic rings. The zero-order valence-electron chi connectivity index (χ0n) is 13.2. The van der Waals surface area contributed by atoms with Crippen molar-refractivity contribution in [2.24, 2.45) is 0 Å². The molecule has 0 bridgehead atoms. The molecule has 12 heteroatoms. The summed E-state index contributed by atoms with van der Waals surface area (Å²) < 4.78 is 82.1. The van der Waals surface area contributed by atoms with E-state index in [9.17, 15) is 32.2 Å². The van der Waals surface area contributed by atoms with Gasteiger partial charge < -0.3 is 4.52 Å². The van der Waals surface area contributed by atoms with Crippen LogP contribution in [-0.2, 0) is 13.6 Å². The van der Waals surface area contributed by atoms with Crippen LogP contribution in [0.5, 0.6) is 5.75 Å². The number of rotatable bonds is 4. The van der Waals surface area contributed by atoms with Gasteiger partial charge in [-0.05, 0) is 12.1 Å². The summed E-state index contributed by atoms with van der Waals surface area (Å²) in [5, 5.41) is 10.6. The van der Waals surface area contributed by atoms with Crippen molar-refractivity contribution in [1.82, 2.24) is 0 Å². The maximum atomic E-state index is 13.9. The highest BCUT2D eigenvalue weighted by molar-refractivity contribution is 7.49. The van der Waals surface area contributed by atoms with E-state index in [1.54, 1.807) is 0 Å². The molecule has 27 heavy (non-hydrogen) atoms. The lowest BCUT2D eigenvalue weighted by Crippen LogP contribution is -2.19. The summed E-state index contributed by atoms with van der Waals surface area (Å²) in [5.74, 6) is -6.77. The lowest BCUT2D eigenvalue weighted by Gasteiger charge is -2.29. The third-order valence-corrected chi connectivity index (χ3v) is 5.06. The maximum absolute atomic E-state index is 13.9. The highest BCUT2D eigenvalue weighted by Crippen LogP contribution is 2.57. The molecule has 0 spiro atoms. The van der Waals surface area contributed by atoms with Gasteiger partial charge in [0.1, 0.15) is 11.9 Å². The summed E-state index contributed by atoms with van der Waals surface area (Å²) >= 11 is 0. The number of nitrogens with zero attached hydrogens (tertiary/aromatic N) is 1. The number of hydrogen-bond donors (Lipinski definition) is 0. The molecule has 144 valence electrons. The third-order valence-electron chi connectivity index (χ3n) is 3.62. The summed E-state index contributed by atoms with van der Waals surface area (Å²) in [7, 11) is -4.41. The highest BCUT2D eigenvalue weighted by Gasteiger charge is 2.40. The first-order chi connectivity index (χ1) is 12.7. The molecule has 1 saturated heterocycles. The predicted molar refractivity (Wildman–Crippen MR) is 82.0 cm³/mol. The lowest BCUT2D eigenvalue weighted by molar-refractivity contribution is -0.384. The molecule has 0 radical (unpaired) electrons. The molecule has 0 amide bonds. The topological polar surface area (TPSA) is 87.9 Å². The summed E-state index contributed by atoms with van der Waals surface area (Å²) in [4.78, 5) is 9.95. The fraction of sp³-hybridized carbons (Fsp3) is 0.200. The van der Waals surface area contributed by atoms with E-state index in [1.807, 2.05) is 0 Å². The summed E-state index contributed by atoms with van der Waals surface area (Å²) in [6.07, 6.45) is -1.88. The van der Waals surface area contributed by atoms with E-state index in [-0.39, 0.29) is 30.5 Å². The Morgan fingerprint density at radius 1 is 1.11 bits per heavy atom. The van der Waals surface area contributed by atoms with Crippen molar-refractivity contribution in [1.29, 1.82) is 0 Å². The van der Waals surface area contributed by atoms with Gasteiger partial charge in [-0.3, -0.25) is 19.2 Å². The van der Waals surface area contributed by atoms with Crippen molar-refractivity contribution < 1.29 is 40.6 Å². The molecule has 0 saturated carbocycles. The quantitative estimate of drug-likeness (QED) is 0.238. The maximum Gasteiger partial charge on any atom is 0.530 e. The number of phosphoric acid groups is 1. The molecule has 7 nitrogen and oxygen atoms in total. The van der Waals surface area contributed by atoms with Crippen molar-refractivity contribution in [2.75, 3.05) is 6.61 Å². The Labute approximate surface area is 149 Å². The van der Waals surface area contributed by atoms with E-state index in [4.69, 9.17) is 13.6 Å². The SMILES string of the molecule is O=[N+]([O-])c1ccc(OP2(=O)OCCC(c3c(F)c(F)cc(F)c3F)O2)cc1. The second kappa shape index (κ2) is 7.26. The van der Waals surface area contributed by atoms with Crippen LogP contribution >= 0.6 is 7.82 Å². The van der Waals surface area contributed by atoms with Crippen LogP contribution in [0.25, 0.3) is 0 Å². The minimum atomic E-state index is -4.41. The van der Waals surface area contributed by atoms with E-state index >= 15 is 0 Å². The molecule has 2 atom stereocenters. The van der Waals surface area contributed by atoms with Gasteiger partial charge in [0, 0.05) is 24.6 Å². The number of non-ortho nitro benzene ring substituents is 1. The molecule has 0 aliphatic carbocycles. The van der Waals surface area contributed by atoms with Gasteiger partial charge >= 0.3 is 7.82 Å². The second-order valence-corrected chi connectivity index (χ2v) is 6.93. The standard InChI is InChI=1S/C15H10F4NO6P/c16-10-7-11(17)15(19)13(14(10)18)12-5-6-24-27(23,26-12)25-9-3-1-8(2-4-9)20(21)22/h1-4,7,12H,5-6H2. The fourth-order valence-corrected chi connectivity index (χ4v) is 3.78. The zero-order valence-corrected chi connectivity index (χ0v) is 14.1. The lowest BCUT2D eigenvalue weighted by atomic mass is 10.0. The molecular formula is C15H10F4NO6P. The first-order valence-corrected chi connectivity index (χ1v) is 8.86. The van der Waals surface area contributed by atoms with Gasteiger partial charge in [-0.2, -0.15) is 0 Å². The molecule has 1 fully saturated rings. The van der Waals surface area contributed by atoms with Gasteiger partial charge in [0.15, 0.2) is 23.3 Å². The van der Waals surface area contributed by atoms with Crippen LogP contribution in [0.4, 0.5) is 23.2 Å². The molecule has 1 heterocycles. The molecule has 1 aliphatic heterocycles. The van der Waals surface area contributed by atoms with Crippen molar-refractivity contribution in [3.63, 3.8) is 0 Å². The van der Waals surface area contributed by atoms with Crippen molar-refractivity contribution in [3.8, 4) is 5.75 Å². The molecule has 2 unspecified atom stereocenters. The first-order valence-electron chi connectivity index (χ1n) is 7.40. The van der Waals surface area contributed by atoms with Crippen LogP contribution in [0.15, 0.2) is 30.3 Å².